The maximum atomic E-state index is 12.5. The Morgan fingerprint density at radius 3 is 2.50 bits per heavy atom. The van der Waals surface area contributed by atoms with Gasteiger partial charge in [-0.3, -0.25) is 9.36 Å². The van der Waals surface area contributed by atoms with Gasteiger partial charge in [-0.25, -0.2) is 4.79 Å². The fraction of sp³-hybridized carbons (Fsp3) is 0.632. The van der Waals surface area contributed by atoms with Gasteiger partial charge in [-0.05, 0) is 49.7 Å². The molecule has 0 bridgehead atoms. The van der Waals surface area contributed by atoms with E-state index < -0.39 is 0 Å². The van der Waals surface area contributed by atoms with Crippen molar-refractivity contribution in [2.45, 2.75) is 31.7 Å². The molecule has 1 unspecified atom stereocenters. The van der Waals surface area contributed by atoms with Gasteiger partial charge < -0.3 is 15.1 Å². The predicted octanol–water partition coefficient (Wildman–Crippen LogP) is 1.52. The van der Waals surface area contributed by atoms with Crippen molar-refractivity contribution in [3.05, 3.63) is 24.0 Å². The van der Waals surface area contributed by atoms with E-state index >= 15 is 0 Å². The van der Waals surface area contributed by atoms with Crippen LogP contribution in [-0.2, 0) is 0 Å². The molecule has 26 heavy (non-hydrogen) atoms. The van der Waals surface area contributed by atoms with Crippen LogP contribution in [-0.4, -0.2) is 65.1 Å². The van der Waals surface area contributed by atoms with Crippen LogP contribution in [0.15, 0.2) is 18.3 Å². The number of carbonyl (C=O) groups excluding carboxylic acids is 2. The quantitative estimate of drug-likeness (QED) is 0.891. The zero-order valence-electron chi connectivity index (χ0n) is 14.9. The minimum Gasteiger partial charge on any atom is -0.325 e. The number of hydrogen-bond donors (Lipinski definition) is 1. The van der Waals surface area contributed by atoms with E-state index in [1.165, 1.54) is 4.57 Å². The van der Waals surface area contributed by atoms with Crippen LogP contribution in [0.1, 0.15) is 36.2 Å². The number of aromatic nitrogens is 1. The molecule has 3 fully saturated rings. The van der Waals surface area contributed by atoms with E-state index in [9.17, 15) is 9.59 Å². The van der Waals surface area contributed by atoms with Gasteiger partial charge in [-0.1, -0.05) is 0 Å². The topological polar surface area (TPSA) is 81.4 Å². The molecule has 4 rings (SSSR count). The lowest BCUT2D eigenvalue weighted by atomic mass is 10.0. The van der Waals surface area contributed by atoms with E-state index in [4.69, 9.17) is 5.26 Å². The number of nitriles is 1. The molecule has 3 aliphatic rings. The molecular weight excluding hydrogens is 330 g/mol. The summed E-state index contributed by atoms with van der Waals surface area (Å²) in [5, 5.41) is 12.4. The molecule has 2 amide bonds. The first-order chi connectivity index (χ1) is 12.7. The maximum Gasteiger partial charge on any atom is 0.320 e. The standard InChI is InChI=1S/C19H25N5O2/c20-10-17-4-3-7-24(17)18(25)11-21-16-8-14-12-23(13-15(14)9-16)19(26)22-5-1-2-6-22/h3-4,7,14-16,21H,1-2,5-6,8-9,11-13H2/t14-,15+,16?. The molecule has 1 N–H and O–H groups in total. The first-order valence-corrected chi connectivity index (χ1v) is 9.53. The van der Waals surface area contributed by atoms with Crippen LogP contribution in [0, 0.1) is 23.2 Å². The van der Waals surface area contributed by atoms with Gasteiger partial charge in [0.25, 0.3) is 0 Å². The number of nitrogens with one attached hydrogen (secondary N) is 1. The van der Waals surface area contributed by atoms with E-state index in [0.717, 1.165) is 51.9 Å². The predicted molar refractivity (Wildman–Crippen MR) is 95.6 cm³/mol. The Balaban J connectivity index is 1.25. The Kier molecular flexibility index (Phi) is 4.68. The van der Waals surface area contributed by atoms with Gasteiger partial charge in [0.15, 0.2) is 0 Å². The molecule has 1 aliphatic carbocycles. The van der Waals surface area contributed by atoms with Gasteiger partial charge in [0.2, 0.25) is 5.91 Å². The highest BCUT2D eigenvalue weighted by Crippen LogP contribution is 2.38. The Labute approximate surface area is 153 Å². The highest BCUT2D eigenvalue weighted by molar-refractivity contribution is 5.82. The van der Waals surface area contributed by atoms with Gasteiger partial charge in [-0.15, -0.1) is 0 Å². The molecule has 0 spiro atoms. The number of rotatable bonds is 3. The number of carbonyl (C=O) groups is 2. The number of likely N-dealkylation sites (tertiary alicyclic amines) is 2. The second-order valence-corrected chi connectivity index (χ2v) is 7.72. The van der Waals surface area contributed by atoms with E-state index in [2.05, 4.69) is 5.32 Å². The summed E-state index contributed by atoms with van der Waals surface area (Å²) in [7, 11) is 0. The summed E-state index contributed by atoms with van der Waals surface area (Å²) in [6, 6.07) is 5.92. The van der Waals surface area contributed by atoms with Gasteiger partial charge in [0, 0.05) is 38.4 Å². The van der Waals surface area contributed by atoms with Crippen LogP contribution in [0.4, 0.5) is 4.79 Å². The van der Waals surface area contributed by atoms with Crippen molar-refractivity contribution in [2.75, 3.05) is 32.7 Å². The monoisotopic (exact) mass is 355 g/mol. The summed E-state index contributed by atoms with van der Waals surface area (Å²) in [5.74, 6) is 0.972. The van der Waals surface area contributed by atoms with Crippen molar-refractivity contribution in [2.24, 2.45) is 11.8 Å². The average Bonchev–Trinajstić information content (AvgIpc) is 3.42. The molecule has 138 valence electrons. The van der Waals surface area contributed by atoms with Crippen LogP contribution < -0.4 is 5.32 Å². The third-order valence-corrected chi connectivity index (χ3v) is 6.07. The zero-order valence-corrected chi connectivity index (χ0v) is 14.9. The summed E-state index contributed by atoms with van der Waals surface area (Å²) in [6.07, 6.45) is 5.91. The Hall–Kier alpha value is -2.33. The van der Waals surface area contributed by atoms with Crippen LogP contribution in [0.5, 0.6) is 0 Å². The minimum atomic E-state index is -0.102. The van der Waals surface area contributed by atoms with Gasteiger partial charge >= 0.3 is 6.03 Å². The highest BCUT2D eigenvalue weighted by Gasteiger charge is 2.43. The summed E-state index contributed by atoms with van der Waals surface area (Å²) in [5.41, 5.74) is 0.371. The van der Waals surface area contributed by atoms with Crippen LogP contribution in [0.2, 0.25) is 0 Å². The second kappa shape index (κ2) is 7.12. The Morgan fingerprint density at radius 1 is 1.15 bits per heavy atom. The SMILES string of the molecule is N#Cc1cccn1C(=O)CNC1C[C@@H]2CN(C(=O)N3CCCC3)C[C@@H]2C1. The third-order valence-electron chi connectivity index (χ3n) is 6.07. The van der Waals surface area contributed by atoms with Gasteiger partial charge in [0.1, 0.15) is 11.8 Å². The van der Waals surface area contributed by atoms with Crippen molar-refractivity contribution in [3.63, 3.8) is 0 Å². The van der Waals surface area contributed by atoms with E-state index in [-0.39, 0.29) is 18.5 Å². The summed E-state index contributed by atoms with van der Waals surface area (Å²) >= 11 is 0. The summed E-state index contributed by atoms with van der Waals surface area (Å²) < 4.78 is 1.40. The Bertz CT molecular complexity index is 717. The smallest absolute Gasteiger partial charge is 0.320 e. The lowest BCUT2D eigenvalue weighted by molar-refractivity contribution is 0.0907. The molecule has 1 saturated carbocycles. The van der Waals surface area contributed by atoms with E-state index in [1.807, 2.05) is 15.9 Å². The lowest BCUT2D eigenvalue weighted by Gasteiger charge is -2.25. The molecule has 1 aromatic rings. The molecule has 3 heterocycles. The summed E-state index contributed by atoms with van der Waals surface area (Å²) in [6.45, 7) is 3.75. The number of amides is 2. The van der Waals surface area contributed by atoms with Crippen LogP contribution >= 0.6 is 0 Å². The molecule has 2 aliphatic heterocycles. The zero-order chi connectivity index (χ0) is 18.1. The van der Waals surface area contributed by atoms with E-state index in [0.29, 0.717) is 23.6 Å². The van der Waals surface area contributed by atoms with Crippen molar-refractivity contribution in [1.29, 1.82) is 5.26 Å². The molecule has 1 aromatic heterocycles. The first-order valence-electron chi connectivity index (χ1n) is 9.53. The first kappa shape index (κ1) is 17.1. The normalized spacial score (nSPS) is 27.6. The second-order valence-electron chi connectivity index (χ2n) is 7.72. The number of hydrogen-bond acceptors (Lipinski definition) is 4. The van der Waals surface area contributed by atoms with Gasteiger partial charge in [0.05, 0.1) is 6.54 Å². The molecule has 0 radical (unpaired) electrons. The number of urea groups is 1. The number of nitrogens with zero attached hydrogens (tertiary/aromatic N) is 4. The summed E-state index contributed by atoms with van der Waals surface area (Å²) in [4.78, 5) is 28.8. The van der Waals surface area contributed by atoms with Crippen LogP contribution in [0.25, 0.3) is 0 Å². The van der Waals surface area contributed by atoms with Crippen LogP contribution in [0.3, 0.4) is 0 Å². The molecule has 3 atom stereocenters. The maximum absolute atomic E-state index is 12.5. The third kappa shape index (κ3) is 3.21. The van der Waals surface area contributed by atoms with Crippen molar-refractivity contribution < 1.29 is 9.59 Å². The largest absolute Gasteiger partial charge is 0.325 e. The van der Waals surface area contributed by atoms with Crippen molar-refractivity contribution in [3.8, 4) is 6.07 Å². The molecule has 2 saturated heterocycles. The molecular formula is C19H25N5O2. The van der Waals surface area contributed by atoms with E-state index in [1.54, 1.807) is 18.3 Å². The molecule has 7 heteroatoms. The minimum absolute atomic E-state index is 0.102. The average molecular weight is 355 g/mol. The number of fused-ring (bicyclic) bond motifs is 1. The lowest BCUT2D eigenvalue weighted by Crippen LogP contribution is -2.42. The fourth-order valence-electron chi connectivity index (χ4n) is 4.74. The van der Waals surface area contributed by atoms with Crippen molar-refractivity contribution >= 4 is 11.9 Å². The van der Waals surface area contributed by atoms with Crippen molar-refractivity contribution in [1.82, 2.24) is 19.7 Å². The molecule has 0 aromatic carbocycles. The highest BCUT2D eigenvalue weighted by atomic mass is 16.2. The fourth-order valence-corrected chi connectivity index (χ4v) is 4.74. The molecule has 7 nitrogen and oxygen atoms in total. The Morgan fingerprint density at radius 2 is 1.85 bits per heavy atom. The van der Waals surface area contributed by atoms with Gasteiger partial charge in [-0.2, -0.15) is 5.26 Å².